The fraction of sp³-hybridized carbons (Fsp3) is 0.222. The van der Waals surface area contributed by atoms with Gasteiger partial charge in [0.2, 0.25) is 5.91 Å². The van der Waals surface area contributed by atoms with E-state index in [0.29, 0.717) is 0 Å². The van der Waals surface area contributed by atoms with Gasteiger partial charge >= 0.3 is 6.03 Å². The van der Waals surface area contributed by atoms with Gasteiger partial charge in [0.1, 0.15) is 0 Å². The molecule has 2 rings (SSSR count). The van der Waals surface area contributed by atoms with Crippen molar-refractivity contribution in [3.63, 3.8) is 0 Å². The minimum atomic E-state index is -0.381. The molecule has 2 aromatic carbocycles. The molecule has 126 valence electrons. The van der Waals surface area contributed by atoms with E-state index in [-0.39, 0.29) is 24.5 Å². The largest absolute Gasteiger partial charge is 0.332 e. The number of halogens is 1. The van der Waals surface area contributed by atoms with Gasteiger partial charge in [-0.2, -0.15) is 0 Å². The second-order valence-corrected chi connectivity index (χ2v) is 6.38. The molecule has 2 aromatic rings. The number of benzene rings is 2. The molecule has 0 spiro atoms. The van der Waals surface area contributed by atoms with Crippen molar-refractivity contribution >= 4 is 33.6 Å². The fourth-order valence-electron chi connectivity index (χ4n) is 2.20. The number of carbonyl (C=O) groups is 2. The number of aryl methyl sites for hydroxylation is 1. The minimum absolute atomic E-state index is 0.0944. The average molecular weight is 390 g/mol. The monoisotopic (exact) mass is 389 g/mol. The van der Waals surface area contributed by atoms with Crippen molar-refractivity contribution in [2.45, 2.75) is 19.9 Å². The molecule has 0 heterocycles. The number of rotatable bonds is 5. The standard InChI is InChI=1S/C18H20BrN3O2/c1-12-10-15(19)8-9-16(12)22-17(23)11-20-18(24)21-13(2)14-6-4-3-5-7-14/h3-10,13H,11H2,1-2H3,(H,22,23)(H2,20,21,24). The zero-order valence-corrected chi connectivity index (χ0v) is 15.2. The van der Waals surface area contributed by atoms with Crippen LogP contribution in [0.1, 0.15) is 24.1 Å². The Balaban J connectivity index is 1.80. The first kappa shape index (κ1) is 18.0. The first-order valence-corrected chi connectivity index (χ1v) is 8.40. The van der Waals surface area contributed by atoms with Crippen LogP contribution in [0.3, 0.4) is 0 Å². The lowest BCUT2D eigenvalue weighted by Crippen LogP contribution is -2.41. The van der Waals surface area contributed by atoms with Crippen molar-refractivity contribution in [2.24, 2.45) is 0 Å². The van der Waals surface area contributed by atoms with E-state index in [1.54, 1.807) is 0 Å². The summed E-state index contributed by atoms with van der Waals surface area (Å²) in [6.45, 7) is 3.70. The minimum Gasteiger partial charge on any atom is -0.332 e. The molecule has 0 bridgehead atoms. The van der Waals surface area contributed by atoms with Crippen LogP contribution in [0.4, 0.5) is 10.5 Å². The predicted molar refractivity (Wildman–Crippen MR) is 98.9 cm³/mol. The number of carbonyl (C=O) groups excluding carboxylic acids is 2. The molecule has 0 saturated heterocycles. The summed E-state index contributed by atoms with van der Waals surface area (Å²) in [7, 11) is 0. The van der Waals surface area contributed by atoms with Crippen LogP contribution in [0.2, 0.25) is 0 Å². The highest BCUT2D eigenvalue weighted by Gasteiger charge is 2.11. The maximum atomic E-state index is 11.9. The lowest BCUT2D eigenvalue weighted by Gasteiger charge is -2.15. The van der Waals surface area contributed by atoms with Crippen LogP contribution in [0.5, 0.6) is 0 Å². The van der Waals surface area contributed by atoms with Gasteiger partial charge in [-0.1, -0.05) is 46.3 Å². The van der Waals surface area contributed by atoms with E-state index in [1.165, 1.54) is 0 Å². The van der Waals surface area contributed by atoms with E-state index >= 15 is 0 Å². The summed E-state index contributed by atoms with van der Waals surface area (Å²) >= 11 is 3.38. The second kappa shape index (κ2) is 8.49. The third-order valence-electron chi connectivity index (χ3n) is 3.52. The van der Waals surface area contributed by atoms with Gasteiger partial charge in [-0.3, -0.25) is 4.79 Å². The molecular weight excluding hydrogens is 370 g/mol. The molecule has 0 aliphatic rings. The number of urea groups is 1. The Morgan fingerprint density at radius 2 is 1.83 bits per heavy atom. The molecule has 3 N–H and O–H groups in total. The Morgan fingerprint density at radius 1 is 1.12 bits per heavy atom. The lowest BCUT2D eigenvalue weighted by molar-refractivity contribution is -0.115. The third-order valence-corrected chi connectivity index (χ3v) is 4.01. The van der Waals surface area contributed by atoms with Gasteiger partial charge in [0.15, 0.2) is 0 Å². The molecule has 0 fully saturated rings. The van der Waals surface area contributed by atoms with Gasteiger partial charge in [-0.05, 0) is 43.2 Å². The van der Waals surface area contributed by atoms with Gasteiger partial charge < -0.3 is 16.0 Å². The second-order valence-electron chi connectivity index (χ2n) is 5.47. The van der Waals surface area contributed by atoms with Crippen LogP contribution < -0.4 is 16.0 Å². The summed E-state index contributed by atoms with van der Waals surface area (Å²) in [5, 5.41) is 8.14. The maximum absolute atomic E-state index is 11.9. The SMILES string of the molecule is Cc1cc(Br)ccc1NC(=O)CNC(=O)NC(C)c1ccccc1. The van der Waals surface area contributed by atoms with Crippen molar-refractivity contribution in [1.82, 2.24) is 10.6 Å². The van der Waals surface area contributed by atoms with Crippen LogP contribution in [-0.2, 0) is 4.79 Å². The van der Waals surface area contributed by atoms with Crippen molar-refractivity contribution in [3.05, 3.63) is 64.1 Å². The summed E-state index contributed by atoms with van der Waals surface area (Å²) in [5.41, 5.74) is 2.67. The summed E-state index contributed by atoms with van der Waals surface area (Å²) in [6.07, 6.45) is 0. The van der Waals surface area contributed by atoms with Crippen molar-refractivity contribution in [1.29, 1.82) is 0 Å². The zero-order chi connectivity index (χ0) is 17.5. The van der Waals surface area contributed by atoms with E-state index in [2.05, 4.69) is 31.9 Å². The Morgan fingerprint density at radius 3 is 2.50 bits per heavy atom. The molecular formula is C18H20BrN3O2. The molecule has 1 unspecified atom stereocenters. The number of hydrogen-bond acceptors (Lipinski definition) is 2. The maximum Gasteiger partial charge on any atom is 0.315 e. The van der Waals surface area contributed by atoms with Crippen LogP contribution in [0.15, 0.2) is 53.0 Å². The smallest absolute Gasteiger partial charge is 0.315 e. The molecule has 5 nitrogen and oxygen atoms in total. The predicted octanol–water partition coefficient (Wildman–Crippen LogP) is 3.76. The summed E-state index contributed by atoms with van der Waals surface area (Å²) in [6, 6.07) is 14.7. The third kappa shape index (κ3) is 5.38. The summed E-state index contributed by atoms with van der Waals surface area (Å²) in [5.74, 6) is -0.275. The van der Waals surface area contributed by atoms with Gasteiger partial charge in [0, 0.05) is 10.2 Å². The highest BCUT2D eigenvalue weighted by Crippen LogP contribution is 2.19. The molecule has 0 aromatic heterocycles. The van der Waals surface area contributed by atoms with Crippen LogP contribution in [0, 0.1) is 6.92 Å². The van der Waals surface area contributed by atoms with E-state index in [1.807, 2.05) is 62.4 Å². The summed E-state index contributed by atoms with van der Waals surface area (Å²) < 4.78 is 0.949. The normalized spacial score (nSPS) is 11.5. The molecule has 0 aliphatic heterocycles. The fourth-order valence-corrected chi connectivity index (χ4v) is 2.67. The van der Waals surface area contributed by atoms with Crippen LogP contribution >= 0.6 is 15.9 Å². The van der Waals surface area contributed by atoms with Gasteiger partial charge in [-0.15, -0.1) is 0 Å². The van der Waals surface area contributed by atoms with Crippen LogP contribution in [-0.4, -0.2) is 18.5 Å². The van der Waals surface area contributed by atoms with Gasteiger partial charge in [-0.25, -0.2) is 4.79 Å². The molecule has 24 heavy (non-hydrogen) atoms. The lowest BCUT2D eigenvalue weighted by atomic mass is 10.1. The molecule has 1 atom stereocenters. The Kier molecular flexibility index (Phi) is 6.37. The highest BCUT2D eigenvalue weighted by molar-refractivity contribution is 9.10. The van der Waals surface area contributed by atoms with E-state index in [4.69, 9.17) is 0 Å². The number of hydrogen-bond donors (Lipinski definition) is 3. The highest BCUT2D eigenvalue weighted by atomic mass is 79.9. The number of nitrogens with one attached hydrogen (secondary N) is 3. The van der Waals surface area contributed by atoms with Gasteiger partial charge in [0.05, 0.1) is 12.6 Å². The molecule has 0 saturated carbocycles. The zero-order valence-electron chi connectivity index (χ0n) is 13.6. The van der Waals surface area contributed by atoms with E-state index in [0.717, 1.165) is 21.3 Å². The Hall–Kier alpha value is -2.34. The van der Waals surface area contributed by atoms with E-state index in [9.17, 15) is 9.59 Å². The first-order chi connectivity index (χ1) is 11.5. The Labute approximate surface area is 150 Å². The van der Waals surface area contributed by atoms with Crippen LogP contribution in [0.25, 0.3) is 0 Å². The molecule has 6 heteroatoms. The first-order valence-electron chi connectivity index (χ1n) is 7.61. The quantitative estimate of drug-likeness (QED) is 0.728. The molecule has 0 radical (unpaired) electrons. The number of anilines is 1. The average Bonchev–Trinajstić information content (AvgIpc) is 2.56. The van der Waals surface area contributed by atoms with Crippen molar-refractivity contribution in [3.8, 4) is 0 Å². The topological polar surface area (TPSA) is 70.2 Å². The van der Waals surface area contributed by atoms with Crippen molar-refractivity contribution < 1.29 is 9.59 Å². The van der Waals surface area contributed by atoms with Crippen molar-refractivity contribution in [2.75, 3.05) is 11.9 Å². The Bertz CT molecular complexity index is 719. The summed E-state index contributed by atoms with van der Waals surface area (Å²) in [4.78, 5) is 23.8. The van der Waals surface area contributed by atoms with E-state index < -0.39 is 0 Å². The van der Waals surface area contributed by atoms with Gasteiger partial charge in [0.25, 0.3) is 0 Å². The molecule has 0 aliphatic carbocycles. The molecule has 3 amide bonds. The number of amides is 3.